The Kier molecular flexibility index (Phi) is 6.79. The van der Waals surface area contributed by atoms with Gasteiger partial charge in [0.15, 0.2) is 0 Å². The van der Waals surface area contributed by atoms with Crippen LogP contribution in [0.2, 0.25) is 0 Å². The van der Waals surface area contributed by atoms with E-state index >= 15 is 0 Å². The van der Waals surface area contributed by atoms with Crippen LogP contribution in [-0.2, 0) is 9.59 Å². The number of carbonyl (C=O) groups excluding carboxylic acids is 2. The first kappa shape index (κ1) is 19.2. The third kappa shape index (κ3) is 4.94. The molecule has 2 amide bonds. The number of rotatable bonds is 5. The van der Waals surface area contributed by atoms with Gasteiger partial charge >= 0.3 is 0 Å². The minimum Gasteiger partial charge on any atom is -0.347 e. The van der Waals surface area contributed by atoms with E-state index in [0.717, 1.165) is 35.7 Å². The van der Waals surface area contributed by atoms with Gasteiger partial charge in [-0.1, -0.05) is 42.8 Å². The van der Waals surface area contributed by atoms with Crippen molar-refractivity contribution in [3.8, 4) is 0 Å². The predicted molar refractivity (Wildman–Crippen MR) is 103 cm³/mol. The first-order valence-electron chi connectivity index (χ1n) is 8.43. The van der Waals surface area contributed by atoms with E-state index in [1.165, 1.54) is 0 Å². The molecule has 1 aliphatic carbocycles. The molecule has 2 aromatic rings. The van der Waals surface area contributed by atoms with E-state index < -0.39 is 0 Å². The highest BCUT2D eigenvalue weighted by molar-refractivity contribution is 6.03. The lowest BCUT2D eigenvalue weighted by Crippen LogP contribution is -2.36. The van der Waals surface area contributed by atoms with Crippen molar-refractivity contribution in [1.82, 2.24) is 5.32 Å². The molecule has 0 unspecified atom stereocenters. The summed E-state index contributed by atoms with van der Waals surface area (Å²) in [6, 6.07) is 13.7. The van der Waals surface area contributed by atoms with Gasteiger partial charge in [0.1, 0.15) is 0 Å². The fraction of sp³-hybridized carbons (Fsp3) is 0.368. The zero-order valence-corrected chi connectivity index (χ0v) is 14.9. The number of anilines is 1. The Morgan fingerprint density at radius 1 is 1.04 bits per heavy atom. The van der Waals surface area contributed by atoms with Crippen molar-refractivity contribution in [3.05, 3.63) is 42.5 Å². The molecule has 0 spiro atoms. The zero-order valence-electron chi connectivity index (χ0n) is 14.0. The Morgan fingerprint density at radius 3 is 2.56 bits per heavy atom. The molecule has 0 saturated heterocycles. The van der Waals surface area contributed by atoms with Crippen LogP contribution in [0.5, 0.6) is 0 Å². The second-order valence-electron chi connectivity index (χ2n) is 6.41. The van der Waals surface area contributed by atoms with E-state index in [-0.39, 0.29) is 42.7 Å². The number of carbonyl (C=O) groups is 2. The molecule has 3 rings (SSSR count). The normalized spacial score (nSPS) is 19.2. The summed E-state index contributed by atoms with van der Waals surface area (Å²) in [5, 5.41) is 7.60. The SMILES string of the molecule is Cl.N[C@@H]1CCC[C@H]1CC(=O)NCC(=O)Nc1cccc2ccccc12. The molecule has 2 aromatic carbocycles. The van der Waals surface area contributed by atoms with Crippen molar-refractivity contribution in [2.45, 2.75) is 31.7 Å². The molecule has 1 fully saturated rings. The van der Waals surface area contributed by atoms with E-state index in [1.807, 2.05) is 42.5 Å². The summed E-state index contributed by atoms with van der Waals surface area (Å²) in [5.41, 5.74) is 6.73. The van der Waals surface area contributed by atoms with E-state index in [0.29, 0.717) is 6.42 Å². The monoisotopic (exact) mass is 361 g/mol. The molecule has 134 valence electrons. The van der Waals surface area contributed by atoms with Gasteiger partial charge in [-0.2, -0.15) is 0 Å². The molecule has 2 atom stereocenters. The summed E-state index contributed by atoms with van der Waals surface area (Å²) in [7, 11) is 0. The lowest BCUT2D eigenvalue weighted by Gasteiger charge is -2.15. The Hall–Kier alpha value is -2.11. The molecule has 0 heterocycles. The third-order valence-corrected chi connectivity index (χ3v) is 4.68. The fourth-order valence-corrected chi connectivity index (χ4v) is 3.34. The van der Waals surface area contributed by atoms with Crippen LogP contribution in [0.1, 0.15) is 25.7 Å². The highest BCUT2D eigenvalue weighted by atomic mass is 35.5. The number of nitrogens with one attached hydrogen (secondary N) is 2. The van der Waals surface area contributed by atoms with Gasteiger partial charge in [-0.25, -0.2) is 0 Å². The van der Waals surface area contributed by atoms with Crippen molar-refractivity contribution in [2.24, 2.45) is 11.7 Å². The number of halogens is 1. The summed E-state index contributed by atoms with van der Waals surface area (Å²) in [5.74, 6) is -0.0908. The largest absolute Gasteiger partial charge is 0.347 e. The van der Waals surface area contributed by atoms with Gasteiger partial charge in [0.25, 0.3) is 0 Å². The van der Waals surface area contributed by atoms with Crippen LogP contribution in [0.3, 0.4) is 0 Å². The molecule has 0 bridgehead atoms. The second kappa shape index (κ2) is 8.83. The summed E-state index contributed by atoms with van der Waals surface area (Å²) < 4.78 is 0. The van der Waals surface area contributed by atoms with Crippen LogP contribution >= 0.6 is 12.4 Å². The standard InChI is InChI=1S/C19H23N3O2.ClH/c20-16-9-3-7-14(16)11-18(23)21-12-19(24)22-17-10-4-6-13-5-1-2-8-15(13)17;/h1-2,4-6,8,10,14,16H,3,7,9,11-12,20H2,(H,21,23)(H,22,24);1H/t14-,16+;/m0./s1. The zero-order chi connectivity index (χ0) is 16.9. The molecule has 0 aromatic heterocycles. The molecule has 25 heavy (non-hydrogen) atoms. The molecule has 4 N–H and O–H groups in total. The van der Waals surface area contributed by atoms with Gasteiger partial charge in [-0.05, 0) is 30.2 Å². The molecular weight excluding hydrogens is 338 g/mol. The van der Waals surface area contributed by atoms with Crippen LogP contribution in [0.15, 0.2) is 42.5 Å². The quantitative estimate of drug-likeness (QED) is 0.765. The van der Waals surface area contributed by atoms with Gasteiger partial charge in [-0.3, -0.25) is 9.59 Å². The van der Waals surface area contributed by atoms with E-state index in [9.17, 15) is 9.59 Å². The van der Waals surface area contributed by atoms with E-state index in [4.69, 9.17) is 5.73 Å². The van der Waals surface area contributed by atoms with Crippen LogP contribution in [0, 0.1) is 5.92 Å². The predicted octanol–water partition coefficient (Wildman–Crippen LogP) is 2.83. The lowest BCUT2D eigenvalue weighted by atomic mass is 10.00. The molecule has 6 heteroatoms. The Bertz CT molecular complexity index is 745. The highest BCUT2D eigenvalue weighted by Crippen LogP contribution is 2.26. The molecular formula is C19H24ClN3O2. The number of benzene rings is 2. The van der Waals surface area contributed by atoms with Crippen molar-refractivity contribution < 1.29 is 9.59 Å². The Morgan fingerprint density at radius 2 is 1.80 bits per heavy atom. The first-order valence-corrected chi connectivity index (χ1v) is 8.43. The number of nitrogens with two attached hydrogens (primary N) is 1. The van der Waals surface area contributed by atoms with E-state index in [2.05, 4.69) is 10.6 Å². The van der Waals surface area contributed by atoms with Crippen LogP contribution in [-0.4, -0.2) is 24.4 Å². The number of fused-ring (bicyclic) bond motifs is 1. The van der Waals surface area contributed by atoms with Crippen LogP contribution in [0.25, 0.3) is 10.8 Å². The molecule has 0 radical (unpaired) electrons. The van der Waals surface area contributed by atoms with Gasteiger partial charge in [0, 0.05) is 23.5 Å². The maximum Gasteiger partial charge on any atom is 0.243 e. The summed E-state index contributed by atoms with van der Waals surface area (Å²) in [4.78, 5) is 24.1. The molecule has 5 nitrogen and oxygen atoms in total. The van der Waals surface area contributed by atoms with Gasteiger partial charge in [-0.15, -0.1) is 12.4 Å². The number of hydrogen-bond acceptors (Lipinski definition) is 3. The second-order valence-corrected chi connectivity index (χ2v) is 6.41. The third-order valence-electron chi connectivity index (χ3n) is 4.68. The van der Waals surface area contributed by atoms with Crippen LogP contribution in [0.4, 0.5) is 5.69 Å². The number of hydrogen-bond donors (Lipinski definition) is 3. The van der Waals surface area contributed by atoms with Crippen molar-refractivity contribution in [3.63, 3.8) is 0 Å². The van der Waals surface area contributed by atoms with Gasteiger partial charge in [0.05, 0.1) is 6.54 Å². The summed E-state index contributed by atoms with van der Waals surface area (Å²) in [6.45, 7) is -0.0238. The van der Waals surface area contributed by atoms with Crippen molar-refractivity contribution in [2.75, 3.05) is 11.9 Å². The minimum atomic E-state index is -0.226. The minimum absolute atomic E-state index is 0. The maximum absolute atomic E-state index is 12.1. The van der Waals surface area contributed by atoms with Crippen molar-refractivity contribution in [1.29, 1.82) is 0 Å². The topological polar surface area (TPSA) is 84.2 Å². The molecule has 1 aliphatic rings. The average molecular weight is 362 g/mol. The first-order chi connectivity index (χ1) is 11.6. The Balaban J connectivity index is 0.00000225. The summed E-state index contributed by atoms with van der Waals surface area (Å²) in [6.07, 6.45) is 3.47. The lowest BCUT2D eigenvalue weighted by molar-refractivity contribution is -0.124. The van der Waals surface area contributed by atoms with Crippen molar-refractivity contribution >= 4 is 40.7 Å². The smallest absolute Gasteiger partial charge is 0.243 e. The maximum atomic E-state index is 12.1. The van der Waals surface area contributed by atoms with Crippen LogP contribution < -0.4 is 16.4 Å². The van der Waals surface area contributed by atoms with Gasteiger partial charge in [0.2, 0.25) is 11.8 Å². The average Bonchev–Trinajstić information content (AvgIpc) is 2.98. The molecule has 0 aliphatic heterocycles. The Labute approximate surface area is 153 Å². The number of amides is 2. The highest BCUT2D eigenvalue weighted by Gasteiger charge is 2.26. The molecule has 1 saturated carbocycles. The fourth-order valence-electron chi connectivity index (χ4n) is 3.34. The van der Waals surface area contributed by atoms with E-state index in [1.54, 1.807) is 0 Å². The summed E-state index contributed by atoms with van der Waals surface area (Å²) >= 11 is 0. The van der Waals surface area contributed by atoms with Gasteiger partial charge < -0.3 is 16.4 Å².